The van der Waals surface area contributed by atoms with Crippen LogP contribution in [0.25, 0.3) is 10.9 Å². The number of unbranched alkanes of at least 4 members (excludes halogenated alkanes) is 2. The van der Waals surface area contributed by atoms with Crippen molar-refractivity contribution in [2.75, 3.05) is 50.8 Å². The maximum Gasteiger partial charge on any atom is 0.327 e. The number of H-pyrrole nitrogens is 1. The number of carboxylic acids is 1. The molecule has 46 heteroatoms. The molecule has 6 rings (SSSR count). The summed E-state index contributed by atoms with van der Waals surface area (Å²) in [5.74, 6) is -19.7. The Labute approximate surface area is 788 Å². The van der Waals surface area contributed by atoms with Crippen molar-refractivity contribution >= 4 is 143 Å². The Morgan fingerprint density at radius 2 is 0.711 bits per heavy atom. The SMILES string of the molecule is CC(O)[C@H](NC(=O)[C@H](Cc1ccccc1)NC(=O)[C@@H](NC(=O)[C@H](CCCCN)NC(=O)[C@H](Cc1c[nH]c2ccccc12)NC(=O)[C@H](Cc1ccccc1)NC(=O)[C@H](Cc1ccccc1)NC(=O)[C@H](CC(N)=O)NC(=O)[C@H](CCCCN)NC(=O)[C@H](CS)NC(=O)CNC(=O)[C@H](C)NC(=O)[C@H](Cc1ccc(O)cc1)NC(=O)CNC(=O)CN)C(C)O)C(=O)N[C@@H](CO)C(=O)N[C@@H](CS)C(=O)O. The van der Waals surface area contributed by atoms with Crippen molar-refractivity contribution < 1.29 is 112 Å². The Bertz CT molecular complexity index is 5010. The van der Waals surface area contributed by atoms with Crippen LogP contribution < -0.4 is 108 Å². The number of aromatic amines is 1. The number of carbonyl (C=O) groups excluding carboxylic acids is 17. The summed E-state index contributed by atoms with van der Waals surface area (Å²) in [5.41, 5.74) is 25.6. The predicted octanol–water partition coefficient (Wildman–Crippen LogP) is -6.78. The van der Waals surface area contributed by atoms with E-state index in [-0.39, 0.29) is 88.8 Å². The lowest BCUT2D eigenvalue weighted by Gasteiger charge is -2.29. The number of primary amides is 1. The second kappa shape index (κ2) is 57.1. The Morgan fingerprint density at radius 3 is 1.15 bits per heavy atom. The summed E-state index contributed by atoms with van der Waals surface area (Å²) in [6.45, 7) is 0.905. The van der Waals surface area contributed by atoms with Gasteiger partial charge in [-0.2, -0.15) is 25.3 Å². The van der Waals surface area contributed by atoms with Gasteiger partial charge in [0.1, 0.15) is 90.3 Å². The zero-order chi connectivity index (χ0) is 99.4. The number of phenols is 1. The van der Waals surface area contributed by atoms with E-state index < -0.39 is 242 Å². The molecule has 2 unspecified atom stereocenters. The molecule has 0 aliphatic rings. The molecule has 0 aliphatic carbocycles. The molecule has 5 aromatic carbocycles. The highest BCUT2D eigenvalue weighted by Gasteiger charge is 2.40. The highest BCUT2D eigenvalue weighted by Crippen LogP contribution is 2.21. The third kappa shape index (κ3) is 37.4. The summed E-state index contributed by atoms with van der Waals surface area (Å²) < 4.78 is 0. The van der Waals surface area contributed by atoms with Crippen LogP contribution in [-0.4, -0.2) is 285 Å². The average Bonchev–Trinajstić information content (AvgIpc) is 1.62. The lowest BCUT2D eigenvalue weighted by molar-refractivity contribution is -0.142. The first-order valence-corrected chi connectivity index (χ1v) is 44.7. The zero-order valence-corrected chi connectivity index (χ0v) is 76.3. The van der Waals surface area contributed by atoms with E-state index in [0.29, 0.717) is 45.1 Å². The van der Waals surface area contributed by atoms with Crippen LogP contribution in [0.2, 0.25) is 0 Å². The number of hydrogen-bond acceptors (Lipinski definition) is 27. The molecule has 6 aromatic rings. The number of aliphatic carboxylic acids is 1. The summed E-state index contributed by atoms with van der Waals surface area (Å²) >= 11 is 8.14. The zero-order valence-electron chi connectivity index (χ0n) is 74.5. The third-order valence-electron chi connectivity index (χ3n) is 21.1. The van der Waals surface area contributed by atoms with Gasteiger partial charge in [0, 0.05) is 60.7 Å². The highest BCUT2D eigenvalue weighted by atomic mass is 32.1. The van der Waals surface area contributed by atoms with Crippen LogP contribution in [0, 0.1) is 0 Å². The molecule has 17 amide bonds. The fourth-order valence-corrected chi connectivity index (χ4v) is 14.2. The fourth-order valence-electron chi connectivity index (χ4n) is 13.7. The Morgan fingerprint density at radius 1 is 0.363 bits per heavy atom. The molecule has 30 N–H and O–H groups in total. The van der Waals surface area contributed by atoms with Crippen molar-refractivity contribution in [3.8, 4) is 5.75 Å². The van der Waals surface area contributed by atoms with Gasteiger partial charge in [0.25, 0.3) is 0 Å². The molecular weight excluding hydrogens is 1800 g/mol. The van der Waals surface area contributed by atoms with Crippen molar-refractivity contribution in [3.05, 3.63) is 174 Å². The van der Waals surface area contributed by atoms with Gasteiger partial charge in [0.15, 0.2) is 0 Å². The summed E-state index contributed by atoms with van der Waals surface area (Å²) in [6.07, 6.45) is -3.68. The molecule has 135 heavy (non-hydrogen) atoms. The number of fused-ring (bicyclic) bond motifs is 1. The number of amides is 17. The number of rotatable bonds is 58. The number of nitrogens with one attached hydrogen (secondary N) is 17. The van der Waals surface area contributed by atoms with Crippen LogP contribution in [-0.2, 0) is 118 Å². The maximum absolute atomic E-state index is 15.5. The van der Waals surface area contributed by atoms with Gasteiger partial charge in [0.2, 0.25) is 100 Å². The topological polar surface area (TPSA) is 721 Å². The second-order valence-electron chi connectivity index (χ2n) is 31.8. The smallest absolute Gasteiger partial charge is 0.327 e. The standard InChI is InChI=1S/C89H121N21O23S2/c1-48(97-79(122)61(38-54-29-31-56(114)32-30-54)98-72(117)43-95-71(116)41-92)76(119)96-44-73(118)99-68(46-134)86(129)101-59(27-15-17-33-90)77(120)105-66(40-70(93)115)83(126)103-62(35-51-19-7-4-8-20-51)80(123)102-63(36-52-21-9-5-10-22-52)81(124)104-65(39-55-42-94-58-26-14-13-25-57(55)58)82(125)100-60(28-16-18-34-91)78(121)109-74(49(2)112)87(130)106-64(37-53-23-11-6-12-24-53)84(127)110-75(50(3)113)88(131)107-67(45-111)85(128)108-69(47-135)89(132)133/h4-14,19-26,29-32,42,48-50,59-69,74-75,94,111-114,134-135H,15-18,27-28,33-41,43-47,90-92H2,1-3H3,(H2,93,115)(H,95,116)(H,96,119)(H,97,122)(H,98,117)(H,99,118)(H,100,125)(H,101,129)(H,102,123)(H,103,126)(H,104,124)(H,105,120)(H,106,130)(H,107,131)(H,108,128)(H,109,121)(H,110,127)(H,132,133)/t48-,49?,50?,59-,60-,61-,62-,63-,64-,65-,66-,67-,68-,69-,74-,75-/m0/s1. The molecule has 44 nitrogen and oxygen atoms in total. The Kier molecular flexibility index (Phi) is 46.5. The largest absolute Gasteiger partial charge is 0.508 e. The second-order valence-corrected chi connectivity index (χ2v) is 32.5. The monoisotopic (exact) mass is 1920 g/mol. The van der Waals surface area contributed by atoms with Gasteiger partial charge < -0.3 is 139 Å². The van der Waals surface area contributed by atoms with Crippen LogP contribution >= 0.6 is 25.3 Å². The van der Waals surface area contributed by atoms with E-state index in [4.69, 9.17) is 22.9 Å². The van der Waals surface area contributed by atoms with Crippen LogP contribution in [0.5, 0.6) is 5.75 Å². The molecule has 0 bridgehead atoms. The number of carbonyl (C=O) groups is 18. The van der Waals surface area contributed by atoms with Crippen molar-refractivity contribution in [2.24, 2.45) is 22.9 Å². The molecule has 16 atom stereocenters. The van der Waals surface area contributed by atoms with Gasteiger partial charge in [-0.1, -0.05) is 121 Å². The number of hydrogen-bond donors (Lipinski definition) is 28. The normalized spacial score (nSPS) is 14.6. The van der Waals surface area contributed by atoms with Crippen LogP contribution in [0.3, 0.4) is 0 Å². The summed E-state index contributed by atoms with van der Waals surface area (Å²) in [7, 11) is 0. The molecular formula is C89H121N21O23S2. The predicted molar refractivity (Wildman–Crippen MR) is 497 cm³/mol. The molecule has 1 aromatic heterocycles. The minimum atomic E-state index is -1.94. The van der Waals surface area contributed by atoms with E-state index >= 15 is 14.4 Å². The molecule has 1 heterocycles. The van der Waals surface area contributed by atoms with Crippen molar-refractivity contribution in [2.45, 2.75) is 195 Å². The van der Waals surface area contributed by atoms with Crippen LogP contribution in [0.4, 0.5) is 0 Å². The van der Waals surface area contributed by atoms with Gasteiger partial charge in [-0.25, -0.2) is 4.79 Å². The summed E-state index contributed by atoms with van der Waals surface area (Å²) in [6, 6.07) is 13.9. The number of aliphatic hydroxyl groups is 3. The van der Waals surface area contributed by atoms with Crippen molar-refractivity contribution in [1.29, 1.82) is 0 Å². The summed E-state index contributed by atoms with van der Waals surface area (Å²) in [5, 5.41) is 91.4. The molecule has 0 saturated heterocycles. The lowest BCUT2D eigenvalue weighted by atomic mass is 10.00. The number of thiol groups is 2. The lowest BCUT2D eigenvalue weighted by Crippen LogP contribution is -2.63. The first-order valence-electron chi connectivity index (χ1n) is 43.4. The van der Waals surface area contributed by atoms with Gasteiger partial charge in [-0.15, -0.1) is 0 Å². The number of aromatic hydroxyl groups is 1. The first kappa shape index (κ1) is 110. The van der Waals surface area contributed by atoms with Gasteiger partial charge in [-0.3, -0.25) is 81.5 Å². The summed E-state index contributed by atoms with van der Waals surface area (Å²) in [4.78, 5) is 253. The first-order chi connectivity index (χ1) is 64.4. The fraction of sp³-hybridized carbons (Fsp3) is 0.438. The molecule has 0 saturated carbocycles. The quantitative estimate of drug-likeness (QED) is 0.0125. The number of para-hydroxylation sites is 1. The van der Waals surface area contributed by atoms with Gasteiger partial charge in [-0.05, 0) is 118 Å². The van der Waals surface area contributed by atoms with Crippen molar-refractivity contribution in [3.63, 3.8) is 0 Å². The molecule has 0 fully saturated rings. The van der Waals surface area contributed by atoms with E-state index in [1.54, 1.807) is 121 Å². The molecule has 0 aliphatic heterocycles. The minimum absolute atomic E-state index is 0.0803. The van der Waals surface area contributed by atoms with E-state index in [9.17, 15) is 97.5 Å². The van der Waals surface area contributed by atoms with Crippen LogP contribution in [0.1, 0.15) is 93.5 Å². The number of carboxylic acid groups (broad SMARTS) is 1. The van der Waals surface area contributed by atoms with Crippen LogP contribution in [0.15, 0.2) is 146 Å². The Balaban J connectivity index is 1.23. The Hall–Kier alpha value is -13.6. The molecule has 0 radical (unpaired) electrons. The molecule has 732 valence electrons. The minimum Gasteiger partial charge on any atom is -0.508 e. The van der Waals surface area contributed by atoms with E-state index in [2.05, 4.69) is 115 Å². The number of nitrogens with two attached hydrogens (primary N) is 4. The van der Waals surface area contributed by atoms with Gasteiger partial charge >= 0.3 is 5.97 Å². The molecule has 0 spiro atoms. The third-order valence-corrected chi connectivity index (χ3v) is 21.8. The van der Waals surface area contributed by atoms with E-state index in [1.807, 2.05) is 0 Å². The number of benzene rings is 5. The highest BCUT2D eigenvalue weighted by molar-refractivity contribution is 7.80. The van der Waals surface area contributed by atoms with Gasteiger partial charge in [0.05, 0.1) is 44.9 Å². The number of aliphatic hydroxyl groups excluding tert-OH is 3. The van der Waals surface area contributed by atoms with E-state index in [1.165, 1.54) is 31.2 Å². The number of phenolic OH excluding ortho intramolecular Hbond substituents is 1. The number of aromatic nitrogens is 1. The van der Waals surface area contributed by atoms with Crippen molar-refractivity contribution in [1.82, 2.24) is 90.1 Å². The maximum atomic E-state index is 15.5. The average molecular weight is 1920 g/mol. The van der Waals surface area contributed by atoms with E-state index in [0.717, 1.165) is 13.8 Å².